The first-order valence-electron chi connectivity index (χ1n) is 8.02. The van der Waals surface area contributed by atoms with Gasteiger partial charge >= 0.3 is 0 Å². The second-order valence-corrected chi connectivity index (χ2v) is 6.91. The van der Waals surface area contributed by atoms with Crippen LogP contribution in [0.25, 0.3) is 0 Å². The highest BCUT2D eigenvalue weighted by Gasteiger charge is 2.23. The van der Waals surface area contributed by atoms with Crippen molar-refractivity contribution in [2.24, 2.45) is 5.92 Å². The maximum Gasteiger partial charge on any atom is 0.136 e. The molecular weight excluding hydrogens is 288 g/mol. The Labute approximate surface area is 130 Å². The van der Waals surface area contributed by atoms with Crippen LogP contribution in [-0.2, 0) is 0 Å². The van der Waals surface area contributed by atoms with Crippen molar-refractivity contribution in [3.63, 3.8) is 0 Å². The van der Waals surface area contributed by atoms with Crippen LogP contribution in [0.4, 0.5) is 8.78 Å². The third-order valence-electron chi connectivity index (χ3n) is 4.19. The average molecular weight is 313 g/mol. The van der Waals surface area contributed by atoms with E-state index in [-0.39, 0.29) is 11.6 Å². The van der Waals surface area contributed by atoms with E-state index in [2.05, 4.69) is 12.2 Å². The first-order valence-corrected chi connectivity index (χ1v) is 9.00. The Bertz CT molecular complexity index is 433. The maximum atomic E-state index is 13.7. The second-order valence-electron chi connectivity index (χ2n) is 5.84. The molecule has 1 fully saturated rings. The van der Waals surface area contributed by atoms with Crippen LogP contribution in [0.15, 0.2) is 23.1 Å². The fourth-order valence-corrected chi connectivity index (χ4v) is 4.15. The molecule has 0 radical (unpaired) electrons. The number of hydrogen-bond acceptors (Lipinski definition) is 2. The van der Waals surface area contributed by atoms with Crippen LogP contribution in [0.5, 0.6) is 0 Å². The Morgan fingerprint density at radius 2 is 2.00 bits per heavy atom. The third kappa shape index (κ3) is 5.26. The molecule has 0 saturated heterocycles. The van der Waals surface area contributed by atoms with E-state index in [1.807, 2.05) is 0 Å². The largest absolute Gasteiger partial charge is 0.313 e. The normalized spacial score (nSPS) is 17.9. The Morgan fingerprint density at radius 3 is 2.71 bits per heavy atom. The van der Waals surface area contributed by atoms with E-state index in [1.165, 1.54) is 62.1 Å². The molecule has 1 saturated carbocycles. The van der Waals surface area contributed by atoms with Crippen LogP contribution >= 0.6 is 11.8 Å². The Hall–Kier alpha value is -0.610. The van der Waals surface area contributed by atoms with Gasteiger partial charge in [-0.15, -0.1) is 11.8 Å². The van der Waals surface area contributed by atoms with E-state index in [4.69, 9.17) is 0 Å². The highest BCUT2D eigenvalue weighted by Crippen LogP contribution is 2.30. The lowest BCUT2D eigenvalue weighted by Crippen LogP contribution is -2.39. The smallest absolute Gasteiger partial charge is 0.136 e. The molecule has 4 heteroatoms. The minimum Gasteiger partial charge on any atom is -0.313 e. The van der Waals surface area contributed by atoms with E-state index in [9.17, 15) is 8.78 Å². The van der Waals surface area contributed by atoms with Gasteiger partial charge in [-0.25, -0.2) is 8.78 Å². The van der Waals surface area contributed by atoms with Gasteiger partial charge in [0.2, 0.25) is 0 Å². The minimum absolute atomic E-state index is 0.320. The summed E-state index contributed by atoms with van der Waals surface area (Å²) in [4.78, 5) is 0.425. The molecule has 1 N–H and O–H groups in total. The summed E-state index contributed by atoms with van der Waals surface area (Å²) >= 11 is 1.44. The Morgan fingerprint density at radius 1 is 1.24 bits per heavy atom. The Balaban J connectivity index is 1.95. The minimum atomic E-state index is -0.366. The lowest BCUT2D eigenvalue weighted by atomic mass is 9.84. The number of hydrogen-bond donors (Lipinski definition) is 1. The molecule has 0 amide bonds. The van der Waals surface area contributed by atoms with E-state index in [0.29, 0.717) is 16.9 Å². The van der Waals surface area contributed by atoms with E-state index in [1.54, 1.807) is 0 Å². The molecule has 1 aromatic carbocycles. The predicted octanol–water partition coefficient (Wildman–Crippen LogP) is 5.01. The first-order chi connectivity index (χ1) is 10.2. The van der Waals surface area contributed by atoms with Gasteiger partial charge in [0.15, 0.2) is 0 Å². The van der Waals surface area contributed by atoms with Crippen LogP contribution < -0.4 is 5.32 Å². The van der Waals surface area contributed by atoms with Gasteiger partial charge in [0.25, 0.3) is 0 Å². The van der Waals surface area contributed by atoms with Crippen LogP contribution in [0.3, 0.4) is 0 Å². The first kappa shape index (κ1) is 16.8. The van der Waals surface area contributed by atoms with Crippen LogP contribution in [0, 0.1) is 17.6 Å². The zero-order chi connectivity index (χ0) is 15.1. The molecule has 1 nitrogen and oxygen atoms in total. The second kappa shape index (κ2) is 8.74. The van der Waals surface area contributed by atoms with Crippen molar-refractivity contribution in [2.45, 2.75) is 56.4 Å². The number of benzene rings is 1. The molecule has 1 atom stereocenters. The fraction of sp³-hybridized carbons (Fsp3) is 0.647. The van der Waals surface area contributed by atoms with Crippen molar-refractivity contribution in [3.8, 4) is 0 Å². The van der Waals surface area contributed by atoms with Crippen molar-refractivity contribution in [1.82, 2.24) is 5.32 Å². The molecule has 0 aromatic heterocycles. The summed E-state index contributed by atoms with van der Waals surface area (Å²) in [5.41, 5.74) is 0. The molecule has 0 bridgehead atoms. The molecule has 0 aliphatic heterocycles. The summed E-state index contributed by atoms with van der Waals surface area (Å²) in [6.45, 7) is 3.15. The summed E-state index contributed by atoms with van der Waals surface area (Å²) in [6.07, 6.45) is 7.55. The fourth-order valence-electron chi connectivity index (χ4n) is 3.00. The van der Waals surface area contributed by atoms with Gasteiger partial charge in [-0.1, -0.05) is 26.2 Å². The van der Waals surface area contributed by atoms with Crippen molar-refractivity contribution in [2.75, 3.05) is 12.3 Å². The number of thioether (sulfide) groups is 1. The van der Waals surface area contributed by atoms with Crippen molar-refractivity contribution in [3.05, 3.63) is 29.8 Å². The van der Waals surface area contributed by atoms with Gasteiger partial charge in [-0.3, -0.25) is 0 Å². The molecule has 1 aliphatic carbocycles. The zero-order valence-corrected chi connectivity index (χ0v) is 13.5. The van der Waals surface area contributed by atoms with E-state index in [0.717, 1.165) is 18.7 Å². The van der Waals surface area contributed by atoms with Gasteiger partial charge in [0, 0.05) is 16.7 Å². The molecule has 118 valence electrons. The monoisotopic (exact) mass is 313 g/mol. The van der Waals surface area contributed by atoms with E-state index >= 15 is 0 Å². The summed E-state index contributed by atoms with van der Waals surface area (Å²) in [5, 5.41) is 3.61. The van der Waals surface area contributed by atoms with E-state index < -0.39 is 0 Å². The van der Waals surface area contributed by atoms with Gasteiger partial charge < -0.3 is 5.32 Å². The quantitative estimate of drug-likeness (QED) is 0.711. The van der Waals surface area contributed by atoms with Gasteiger partial charge in [0.1, 0.15) is 11.6 Å². The highest BCUT2D eigenvalue weighted by molar-refractivity contribution is 7.99. The SMILES string of the molecule is CCCNC(CSc1cc(F)ccc1F)C1CCCCC1. The molecule has 1 unspecified atom stereocenters. The molecule has 21 heavy (non-hydrogen) atoms. The number of halogens is 2. The standard InChI is InChI=1S/C17H25F2NS/c1-2-10-20-16(13-6-4-3-5-7-13)12-21-17-11-14(18)8-9-15(17)19/h8-9,11,13,16,20H,2-7,10,12H2,1H3. The molecule has 0 spiro atoms. The summed E-state index contributed by atoms with van der Waals surface area (Å²) in [5.74, 6) is 0.800. The molecule has 1 aliphatic rings. The van der Waals surface area contributed by atoms with Crippen LogP contribution in [0.1, 0.15) is 45.4 Å². The van der Waals surface area contributed by atoms with Gasteiger partial charge in [-0.05, 0) is 49.9 Å². The molecule has 1 aromatic rings. The number of rotatable bonds is 7. The number of nitrogens with one attached hydrogen (secondary N) is 1. The molecule has 0 heterocycles. The summed E-state index contributed by atoms with van der Waals surface area (Å²) in [7, 11) is 0. The molecular formula is C17H25F2NS. The van der Waals surface area contributed by atoms with Crippen LogP contribution in [0.2, 0.25) is 0 Å². The Kier molecular flexibility index (Phi) is 6.97. The van der Waals surface area contributed by atoms with Gasteiger partial charge in [0.05, 0.1) is 0 Å². The lowest BCUT2D eigenvalue weighted by Gasteiger charge is -2.31. The summed E-state index contributed by atoms with van der Waals surface area (Å²) in [6, 6.07) is 4.09. The maximum absolute atomic E-state index is 13.7. The topological polar surface area (TPSA) is 12.0 Å². The van der Waals surface area contributed by atoms with Crippen molar-refractivity contribution < 1.29 is 8.78 Å². The lowest BCUT2D eigenvalue weighted by molar-refractivity contribution is 0.285. The van der Waals surface area contributed by atoms with Crippen molar-refractivity contribution in [1.29, 1.82) is 0 Å². The zero-order valence-electron chi connectivity index (χ0n) is 12.7. The van der Waals surface area contributed by atoms with Gasteiger partial charge in [-0.2, -0.15) is 0 Å². The van der Waals surface area contributed by atoms with Crippen LogP contribution in [-0.4, -0.2) is 18.3 Å². The summed E-state index contributed by atoms with van der Waals surface area (Å²) < 4.78 is 26.9. The predicted molar refractivity (Wildman–Crippen MR) is 85.7 cm³/mol. The average Bonchev–Trinajstić information content (AvgIpc) is 2.51. The molecule has 2 rings (SSSR count). The highest BCUT2D eigenvalue weighted by atomic mass is 32.2. The van der Waals surface area contributed by atoms with Crippen molar-refractivity contribution >= 4 is 11.8 Å². The third-order valence-corrected chi connectivity index (χ3v) is 5.34.